The molecule has 1 heterocycles. The lowest BCUT2D eigenvalue weighted by Gasteiger charge is -2.24. The highest BCUT2D eigenvalue weighted by atomic mass is 32.1. The molecule has 27 heavy (non-hydrogen) atoms. The molecule has 0 amide bonds. The Balaban J connectivity index is 1.61. The molecule has 1 fully saturated rings. The number of rotatable bonds is 5. The fourth-order valence-corrected chi connectivity index (χ4v) is 3.29. The van der Waals surface area contributed by atoms with E-state index in [9.17, 15) is 4.39 Å². The third-order valence-electron chi connectivity index (χ3n) is 4.54. The number of halogens is 1. The van der Waals surface area contributed by atoms with Crippen molar-refractivity contribution in [1.29, 1.82) is 0 Å². The lowest BCUT2D eigenvalue weighted by molar-refractivity contribution is 0.285. The Morgan fingerprint density at radius 3 is 2.70 bits per heavy atom. The van der Waals surface area contributed by atoms with Crippen LogP contribution < -0.4 is 16.1 Å². The Morgan fingerprint density at radius 1 is 1.15 bits per heavy atom. The van der Waals surface area contributed by atoms with Crippen LogP contribution in [-0.4, -0.2) is 42.4 Å². The fourth-order valence-electron chi connectivity index (χ4n) is 3.24. The van der Waals surface area contributed by atoms with E-state index in [4.69, 9.17) is 5.73 Å². The Hall–Kier alpha value is -2.51. The molecule has 2 aromatic carbocycles. The topological polar surface area (TPSA) is 56.9 Å². The summed E-state index contributed by atoms with van der Waals surface area (Å²) in [6.07, 6.45) is 2.50. The zero-order valence-electron chi connectivity index (χ0n) is 15.1. The molecule has 0 radical (unpaired) electrons. The van der Waals surface area contributed by atoms with Gasteiger partial charge in [0.05, 0.1) is 11.9 Å². The second-order valence-corrected chi connectivity index (χ2v) is 6.99. The largest absolute Gasteiger partial charge is 0.375 e. The fraction of sp³-hybridized carbons (Fsp3) is 0.300. The van der Waals surface area contributed by atoms with Gasteiger partial charge in [0.25, 0.3) is 0 Å². The number of nitrogens with two attached hydrogens (primary N) is 1. The van der Waals surface area contributed by atoms with Crippen LogP contribution in [0.1, 0.15) is 17.5 Å². The molecule has 0 unspecified atom stereocenters. The smallest absolute Gasteiger partial charge is 0.184 e. The summed E-state index contributed by atoms with van der Waals surface area (Å²) in [5.74, 6) is -0.245. The minimum atomic E-state index is -0.245. The lowest BCUT2D eigenvalue weighted by Crippen LogP contribution is -2.31. The first-order chi connectivity index (χ1) is 13.1. The molecule has 0 spiro atoms. The number of hydrazone groups is 1. The predicted molar refractivity (Wildman–Crippen MR) is 112 cm³/mol. The summed E-state index contributed by atoms with van der Waals surface area (Å²) < 4.78 is 14.6. The Labute approximate surface area is 164 Å². The molecule has 7 heteroatoms. The van der Waals surface area contributed by atoms with Gasteiger partial charge in [0.1, 0.15) is 5.82 Å². The quantitative estimate of drug-likeness (QED) is 0.471. The van der Waals surface area contributed by atoms with Gasteiger partial charge in [0, 0.05) is 32.7 Å². The van der Waals surface area contributed by atoms with Crippen LogP contribution in [0.2, 0.25) is 0 Å². The zero-order chi connectivity index (χ0) is 19.1. The van der Waals surface area contributed by atoms with E-state index < -0.39 is 0 Å². The highest BCUT2D eigenvalue weighted by molar-refractivity contribution is 7.80. The monoisotopic (exact) mass is 385 g/mol. The van der Waals surface area contributed by atoms with Crippen molar-refractivity contribution in [3.63, 3.8) is 0 Å². The molecule has 142 valence electrons. The predicted octanol–water partition coefficient (Wildman–Crippen LogP) is 2.71. The van der Waals surface area contributed by atoms with Gasteiger partial charge in [-0.05, 0) is 41.9 Å². The van der Waals surface area contributed by atoms with Gasteiger partial charge in [0.2, 0.25) is 0 Å². The van der Waals surface area contributed by atoms with Crippen LogP contribution in [0.5, 0.6) is 0 Å². The van der Waals surface area contributed by atoms with Gasteiger partial charge in [0.15, 0.2) is 5.11 Å². The van der Waals surface area contributed by atoms with Gasteiger partial charge in [-0.3, -0.25) is 10.3 Å². The highest BCUT2D eigenvalue weighted by Crippen LogP contribution is 2.22. The van der Waals surface area contributed by atoms with Crippen molar-refractivity contribution >= 4 is 29.2 Å². The van der Waals surface area contributed by atoms with Crippen LogP contribution in [0.25, 0.3) is 0 Å². The molecule has 0 aromatic heterocycles. The summed E-state index contributed by atoms with van der Waals surface area (Å²) >= 11 is 4.67. The summed E-state index contributed by atoms with van der Waals surface area (Å²) in [6, 6.07) is 15.6. The van der Waals surface area contributed by atoms with E-state index in [0.29, 0.717) is 11.3 Å². The van der Waals surface area contributed by atoms with E-state index in [0.717, 1.165) is 39.1 Å². The second kappa shape index (κ2) is 9.43. The van der Waals surface area contributed by atoms with Gasteiger partial charge >= 0.3 is 0 Å². The summed E-state index contributed by atoms with van der Waals surface area (Å²) in [4.78, 5) is 4.55. The van der Waals surface area contributed by atoms with Crippen LogP contribution in [0.3, 0.4) is 0 Å². The molecular weight excluding hydrogens is 361 g/mol. The zero-order valence-corrected chi connectivity index (χ0v) is 16.0. The van der Waals surface area contributed by atoms with Gasteiger partial charge < -0.3 is 10.6 Å². The van der Waals surface area contributed by atoms with Gasteiger partial charge in [-0.15, -0.1) is 0 Å². The van der Waals surface area contributed by atoms with Gasteiger partial charge in [-0.2, -0.15) is 5.10 Å². The number of nitrogens with zero attached hydrogens (tertiary/aromatic N) is 3. The third-order valence-corrected chi connectivity index (χ3v) is 4.63. The summed E-state index contributed by atoms with van der Waals surface area (Å²) in [7, 11) is 0. The molecule has 3 rings (SSSR count). The van der Waals surface area contributed by atoms with Crippen molar-refractivity contribution in [3.8, 4) is 0 Å². The van der Waals surface area contributed by atoms with E-state index >= 15 is 0 Å². The SMILES string of the molecule is NC(=S)NN=Cc1ccc(N2CCCN(Cc3ccccc3)CC2)c(F)c1. The standard InChI is InChI=1S/C20H24FN5S/c21-18-13-17(14-23-24-20(22)27)7-8-19(18)26-10-4-9-25(11-12-26)15-16-5-2-1-3-6-16/h1-3,5-8,13-14H,4,9-12,15H2,(H3,22,24,27). The third kappa shape index (κ3) is 5.74. The van der Waals surface area contributed by atoms with E-state index in [2.05, 4.69) is 56.8 Å². The molecule has 1 saturated heterocycles. The van der Waals surface area contributed by atoms with Crippen molar-refractivity contribution in [2.45, 2.75) is 13.0 Å². The van der Waals surface area contributed by atoms with Gasteiger partial charge in [-0.1, -0.05) is 36.4 Å². The minimum Gasteiger partial charge on any atom is -0.375 e. The summed E-state index contributed by atoms with van der Waals surface area (Å²) in [5.41, 5.74) is 10.4. The maximum Gasteiger partial charge on any atom is 0.184 e. The van der Waals surface area contributed by atoms with Crippen LogP contribution in [0.4, 0.5) is 10.1 Å². The van der Waals surface area contributed by atoms with E-state index in [1.165, 1.54) is 17.8 Å². The van der Waals surface area contributed by atoms with Gasteiger partial charge in [-0.25, -0.2) is 4.39 Å². The number of thiocarbonyl (C=S) groups is 1. The lowest BCUT2D eigenvalue weighted by atomic mass is 10.2. The van der Waals surface area contributed by atoms with Crippen molar-refractivity contribution in [2.24, 2.45) is 10.8 Å². The average Bonchev–Trinajstić information content (AvgIpc) is 2.88. The Kier molecular flexibility index (Phi) is 6.73. The Morgan fingerprint density at radius 2 is 1.96 bits per heavy atom. The average molecular weight is 386 g/mol. The first-order valence-corrected chi connectivity index (χ1v) is 9.42. The molecule has 0 bridgehead atoms. The molecule has 0 saturated carbocycles. The van der Waals surface area contributed by atoms with Crippen LogP contribution in [-0.2, 0) is 6.54 Å². The first-order valence-electron chi connectivity index (χ1n) is 9.01. The summed E-state index contributed by atoms with van der Waals surface area (Å²) in [5, 5.41) is 3.94. The van der Waals surface area contributed by atoms with Crippen molar-refractivity contribution in [3.05, 3.63) is 65.5 Å². The maximum absolute atomic E-state index is 14.6. The molecular formula is C20H24FN5S. The molecule has 3 N–H and O–H groups in total. The molecule has 0 aliphatic carbocycles. The number of hydrogen-bond donors (Lipinski definition) is 2. The summed E-state index contributed by atoms with van der Waals surface area (Å²) in [6.45, 7) is 4.51. The number of anilines is 1. The number of nitrogens with one attached hydrogen (secondary N) is 1. The Bertz CT molecular complexity index is 796. The van der Waals surface area contributed by atoms with E-state index in [1.807, 2.05) is 18.2 Å². The molecule has 1 aliphatic heterocycles. The minimum absolute atomic E-state index is 0.0768. The molecule has 5 nitrogen and oxygen atoms in total. The normalized spacial score (nSPS) is 15.7. The van der Waals surface area contributed by atoms with E-state index in [-0.39, 0.29) is 10.9 Å². The molecule has 0 atom stereocenters. The van der Waals surface area contributed by atoms with Crippen molar-refractivity contribution in [2.75, 3.05) is 31.1 Å². The number of hydrogen-bond acceptors (Lipinski definition) is 4. The van der Waals surface area contributed by atoms with Crippen molar-refractivity contribution < 1.29 is 4.39 Å². The second-order valence-electron chi connectivity index (χ2n) is 6.55. The molecule has 1 aliphatic rings. The van der Waals surface area contributed by atoms with Crippen LogP contribution >= 0.6 is 12.2 Å². The van der Waals surface area contributed by atoms with Crippen LogP contribution in [0.15, 0.2) is 53.6 Å². The molecule has 2 aromatic rings. The maximum atomic E-state index is 14.6. The van der Waals surface area contributed by atoms with E-state index in [1.54, 1.807) is 0 Å². The number of benzene rings is 2. The van der Waals surface area contributed by atoms with Crippen molar-refractivity contribution in [1.82, 2.24) is 10.3 Å². The first kappa shape index (κ1) is 19.3. The van der Waals surface area contributed by atoms with Crippen LogP contribution in [0, 0.1) is 5.82 Å². The highest BCUT2D eigenvalue weighted by Gasteiger charge is 2.18.